The minimum Gasteiger partial charge on any atom is -0.444 e. The molecular formula is C31H37N5O3S. The highest BCUT2D eigenvalue weighted by atomic mass is 32.1. The van der Waals surface area contributed by atoms with Crippen molar-refractivity contribution in [1.82, 2.24) is 19.8 Å². The van der Waals surface area contributed by atoms with Gasteiger partial charge in [0.1, 0.15) is 17.7 Å². The molecule has 0 unspecified atom stereocenters. The number of fused-ring (bicyclic) bond motifs is 1. The maximum atomic E-state index is 12.4. The summed E-state index contributed by atoms with van der Waals surface area (Å²) >= 11 is 1.69. The number of ether oxygens (including phenoxy) is 2. The van der Waals surface area contributed by atoms with Crippen LogP contribution in [0.1, 0.15) is 37.9 Å². The van der Waals surface area contributed by atoms with E-state index >= 15 is 0 Å². The number of hydrogen-bond donors (Lipinski definition) is 1. The fourth-order valence-corrected chi connectivity index (χ4v) is 5.85. The molecule has 0 radical (unpaired) electrons. The van der Waals surface area contributed by atoms with Crippen molar-refractivity contribution in [2.24, 2.45) is 0 Å². The third-order valence-corrected chi connectivity index (χ3v) is 8.01. The lowest BCUT2D eigenvalue weighted by atomic mass is 10.1. The smallest absolute Gasteiger partial charge is 0.410 e. The molecule has 0 spiro atoms. The molecule has 8 nitrogen and oxygen atoms in total. The Morgan fingerprint density at radius 1 is 1.02 bits per heavy atom. The van der Waals surface area contributed by atoms with Crippen LogP contribution < -0.4 is 5.32 Å². The van der Waals surface area contributed by atoms with Gasteiger partial charge in [0.2, 0.25) is 0 Å². The highest BCUT2D eigenvalue weighted by Gasteiger charge is 2.26. The molecule has 4 aromatic rings. The molecule has 2 aromatic heterocycles. The molecule has 1 fully saturated rings. The van der Waals surface area contributed by atoms with Gasteiger partial charge in [0, 0.05) is 44.7 Å². The van der Waals surface area contributed by atoms with Crippen molar-refractivity contribution in [3.8, 4) is 10.4 Å². The highest BCUT2D eigenvalue weighted by molar-refractivity contribution is 7.22. The second-order valence-corrected chi connectivity index (χ2v) is 12.1. The molecule has 40 heavy (non-hydrogen) atoms. The van der Waals surface area contributed by atoms with Crippen molar-refractivity contribution < 1.29 is 14.3 Å². The Hall–Kier alpha value is -3.53. The molecule has 1 amide bonds. The van der Waals surface area contributed by atoms with Crippen molar-refractivity contribution in [3.05, 3.63) is 78.1 Å². The summed E-state index contributed by atoms with van der Waals surface area (Å²) in [6, 6.07) is 21.1. The quantitative estimate of drug-likeness (QED) is 0.275. The van der Waals surface area contributed by atoms with Crippen molar-refractivity contribution in [2.75, 3.05) is 45.2 Å². The van der Waals surface area contributed by atoms with Gasteiger partial charge in [0.05, 0.1) is 22.9 Å². The molecule has 1 atom stereocenters. The molecule has 0 saturated carbocycles. The van der Waals surface area contributed by atoms with E-state index in [2.05, 4.69) is 62.6 Å². The van der Waals surface area contributed by atoms with Crippen molar-refractivity contribution in [2.45, 2.75) is 39.0 Å². The maximum Gasteiger partial charge on any atom is 0.410 e. The van der Waals surface area contributed by atoms with Crippen LogP contribution in [0.3, 0.4) is 0 Å². The topological polar surface area (TPSA) is 79.8 Å². The lowest BCUT2D eigenvalue weighted by Crippen LogP contribution is -2.49. The number of nitrogens with zero attached hydrogens (tertiary/aromatic N) is 4. The van der Waals surface area contributed by atoms with E-state index in [1.807, 2.05) is 39.0 Å². The molecule has 0 aliphatic carbocycles. The van der Waals surface area contributed by atoms with Gasteiger partial charge in [-0.1, -0.05) is 54.6 Å². The molecule has 210 valence electrons. The van der Waals surface area contributed by atoms with Gasteiger partial charge in [-0.3, -0.25) is 4.90 Å². The zero-order chi connectivity index (χ0) is 28.1. The molecule has 1 aliphatic heterocycles. The number of nitrogens with one attached hydrogen (secondary N) is 1. The Balaban J connectivity index is 1.24. The summed E-state index contributed by atoms with van der Waals surface area (Å²) in [5.41, 5.74) is 4.01. The van der Waals surface area contributed by atoms with Crippen LogP contribution in [0.25, 0.3) is 20.7 Å². The molecule has 5 rings (SSSR count). The number of hydrogen-bond acceptors (Lipinski definition) is 8. The van der Waals surface area contributed by atoms with E-state index in [0.29, 0.717) is 19.7 Å². The minimum atomic E-state index is -0.469. The first-order chi connectivity index (χ1) is 19.3. The number of piperazine rings is 1. The van der Waals surface area contributed by atoms with E-state index in [9.17, 15) is 4.79 Å². The number of amides is 1. The maximum absolute atomic E-state index is 12.4. The SMILES string of the molecule is COC[C@@H](Nc1ncnc2cc(-c3ccc(CN4CCN(C(=O)OC(C)(C)C)CC4)cc3)sc12)c1ccccc1. The van der Waals surface area contributed by atoms with Gasteiger partial charge in [0.25, 0.3) is 0 Å². The molecule has 1 aliphatic rings. The Bertz CT molecular complexity index is 1410. The summed E-state index contributed by atoms with van der Waals surface area (Å²) in [6.07, 6.45) is 1.39. The van der Waals surface area contributed by atoms with Crippen LogP contribution in [-0.4, -0.2) is 71.4 Å². The number of methoxy groups -OCH3 is 1. The van der Waals surface area contributed by atoms with E-state index in [1.165, 1.54) is 5.56 Å². The van der Waals surface area contributed by atoms with Gasteiger partial charge in [-0.15, -0.1) is 11.3 Å². The average Bonchev–Trinajstić information content (AvgIpc) is 3.39. The number of carbonyl (C=O) groups excluding carboxylic acids is 1. The van der Waals surface area contributed by atoms with E-state index in [0.717, 1.165) is 51.7 Å². The third kappa shape index (κ3) is 6.96. The number of anilines is 1. The molecule has 1 saturated heterocycles. The second-order valence-electron chi connectivity index (χ2n) is 11.1. The van der Waals surface area contributed by atoms with Gasteiger partial charge < -0.3 is 19.7 Å². The van der Waals surface area contributed by atoms with Crippen LogP contribution >= 0.6 is 11.3 Å². The third-order valence-electron chi connectivity index (χ3n) is 6.83. The largest absolute Gasteiger partial charge is 0.444 e. The number of benzene rings is 2. The van der Waals surface area contributed by atoms with E-state index < -0.39 is 5.60 Å². The first-order valence-electron chi connectivity index (χ1n) is 13.6. The predicted octanol–water partition coefficient (Wildman–Crippen LogP) is 6.21. The number of thiophene rings is 1. The summed E-state index contributed by atoms with van der Waals surface area (Å²) in [4.78, 5) is 26.8. The molecular weight excluding hydrogens is 522 g/mol. The second kappa shape index (κ2) is 12.3. The summed E-state index contributed by atoms with van der Waals surface area (Å²) < 4.78 is 12.0. The summed E-state index contributed by atoms with van der Waals surface area (Å²) in [7, 11) is 1.71. The summed E-state index contributed by atoms with van der Waals surface area (Å²) in [5, 5.41) is 3.58. The highest BCUT2D eigenvalue weighted by Crippen LogP contribution is 2.37. The zero-order valence-corrected chi connectivity index (χ0v) is 24.4. The lowest BCUT2D eigenvalue weighted by molar-refractivity contribution is 0.0139. The first kappa shape index (κ1) is 28.0. The van der Waals surface area contributed by atoms with Crippen LogP contribution in [0.4, 0.5) is 10.6 Å². The van der Waals surface area contributed by atoms with Gasteiger partial charge in [-0.05, 0) is 43.5 Å². The zero-order valence-electron chi connectivity index (χ0n) is 23.6. The first-order valence-corrected chi connectivity index (χ1v) is 14.5. The fourth-order valence-electron chi connectivity index (χ4n) is 4.79. The number of aromatic nitrogens is 2. The van der Waals surface area contributed by atoms with Crippen LogP contribution in [0.2, 0.25) is 0 Å². The van der Waals surface area contributed by atoms with Gasteiger partial charge in [-0.25, -0.2) is 14.8 Å². The van der Waals surface area contributed by atoms with E-state index in [4.69, 9.17) is 9.47 Å². The van der Waals surface area contributed by atoms with Crippen molar-refractivity contribution in [3.63, 3.8) is 0 Å². The Morgan fingerprint density at radius 3 is 2.42 bits per heavy atom. The molecule has 9 heteroatoms. The Kier molecular flexibility index (Phi) is 8.63. The molecule has 2 aromatic carbocycles. The molecule has 3 heterocycles. The number of rotatable bonds is 8. The van der Waals surface area contributed by atoms with Gasteiger partial charge in [0.15, 0.2) is 0 Å². The summed E-state index contributed by atoms with van der Waals surface area (Å²) in [5.74, 6) is 0.814. The minimum absolute atomic E-state index is 0.0138. The van der Waals surface area contributed by atoms with Crippen molar-refractivity contribution >= 4 is 33.5 Å². The Morgan fingerprint density at radius 2 is 1.75 bits per heavy atom. The van der Waals surface area contributed by atoms with Crippen LogP contribution in [0, 0.1) is 0 Å². The predicted molar refractivity (Wildman–Crippen MR) is 161 cm³/mol. The molecule has 1 N–H and O–H groups in total. The van der Waals surface area contributed by atoms with Gasteiger partial charge in [-0.2, -0.15) is 0 Å². The molecule has 0 bridgehead atoms. The van der Waals surface area contributed by atoms with Crippen LogP contribution in [-0.2, 0) is 16.0 Å². The van der Waals surface area contributed by atoms with E-state index in [1.54, 1.807) is 29.7 Å². The van der Waals surface area contributed by atoms with Crippen LogP contribution in [0.5, 0.6) is 0 Å². The van der Waals surface area contributed by atoms with Crippen LogP contribution in [0.15, 0.2) is 67.0 Å². The van der Waals surface area contributed by atoms with E-state index in [-0.39, 0.29) is 12.1 Å². The number of carbonyl (C=O) groups is 1. The average molecular weight is 560 g/mol. The van der Waals surface area contributed by atoms with Crippen molar-refractivity contribution in [1.29, 1.82) is 0 Å². The monoisotopic (exact) mass is 559 g/mol. The lowest BCUT2D eigenvalue weighted by Gasteiger charge is -2.35. The fraction of sp³-hybridized carbons (Fsp3) is 0.387. The standard InChI is InChI=1S/C31H37N5O3S/c1-31(2,3)39-30(37)36-16-14-35(15-17-36)19-22-10-12-24(13-11-22)27-18-25-28(40-27)29(33-21-32-25)34-26(20-38-4)23-8-6-5-7-9-23/h5-13,18,21,26H,14-17,19-20H2,1-4H3,(H,32,33,34)/t26-/m1/s1. The Labute approximate surface area is 240 Å². The normalized spacial score (nSPS) is 15.2. The summed E-state index contributed by atoms with van der Waals surface area (Å²) in [6.45, 7) is 10.1. The van der Waals surface area contributed by atoms with Gasteiger partial charge >= 0.3 is 6.09 Å².